The molecule has 84 valence electrons. The molecule has 1 fully saturated rings. The summed E-state index contributed by atoms with van der Waals surface area (Å²) in [6.45, 7) is 0. The Morgan fingerprint density at radius 2 is 2.06 bits per heavy atom. The van der Waals surface area contributed by atoms with Crippen molar-refractivity contribution in [2.24, 2.45) is 0 Å². The Kier molecular flexibility index (Phi) is 1.84. The van der Waals surface area contributed by atoms with E-state index >= 15 is 0 Å². The Bertz CT molecular complexity index is 450. The van der Waals surface area contributed by atoms with E-state index < -0.39 is 17.6 Å². The minimum Gasteiger partial charge on any atom is -0.390 e. The van der Waals surface area contributed by atoms with E-state index in [0.29, 0.717) is 5.82 Å². The number of pyridine rings is 1. The first-order valence-corrected chi connectivity index (χ1v) is 5.26. The Labute approximate surface area is 92.1 Å². The second kappa shape index (κ2) is 3.02. The molecule has 1 aromatic rings. The van der Waals surface area contributed by atoms with Crippen LogP contribution >= 0.6 is 0 Å². The molecule has 1 aliphatic carbocycles. The number of anilines is 1. The molecule has 0 aromatic carbocycles. The standard InChI is InChI=1S/C11H12N2O3/c14-7-4-11(5-8(7)15)6-2-1-3-12-9(6)13-10(11)16/h1-3,7-8,14-15H,4-5H2,(H,12,13,16). The number of carbonyl (C=O) groups is 1. The molecule has 1 aliphatic heterocycles. The maximum atomic E-state index is 12.0. The Morgan fingerprint density at radius 3 is 2.75 bits per heavy atom. The first-order valence-electron chi connectivity index (χ1n) is 5.26. The molecule has 2 atom stereocenters. The fourth-order valence-electron chi connectivity index (χ4n) is 2.72. The van der Waals surface area contributed by atoms with Crippen LogP contribution in [0.2, 0.25) is 0 Å². The maximum Gasteiger partial charge on any atom is 0.236 e. The van der Waals surface area contributed by atoms with Gasteiger partial charge in [0.2, 0.25) is 5.91 Å². The monoisotopic (exact) mass is 220 g/mol. The van der Waals surface area contributed by atoms with Gasteiger partial charge in [0.25, 0.3) is 0 Å². The topological polar surface area (TPSA) is 82.5 Å². The summed E-state index contributed by atoms with van der Waals surface area (Å²) in [5.41, 5.74) is -0.00167. The predicted molar refractivity (Wildman–Crippen MR) is 55.8 cm³/mol. The highest BCUT2D eigenvalue weighted by Gasteiger charge is 2.55. The van der Waals surface area contributed by atoms with Gasteiger partial charge < -0.3 is 15.5 Å². The van der Waals surface area contributed by atoms with Crippen LogP contribution in [0.25, 0.3) is 0 Å². The minimum absolute atomic E-state index is 0.170. The van der Waals surface area contributed by atoms with Gasteiger partial charge in [-0.1, -0.05) is 6.07 Å². The molecule has 16 heavy (non-hydrogen) atoms. The minimum atomic E-state index is -0.836. The van der Waals surface area contributed by atoms with Crippen molar-refractivity contribution < 1.29 is 15.0 Å². The average molecular weight is 220 g/mol. The second-order valence-corrected chi connectivity index (χ2v) is 4.48. The largest absolute Gasteiger partial charge is 0.390 e. The number of amides is 1. The number of nitrogens with zero attached hydrogens (tertiary/aromatic N) is 1. The highest BCUT2D eigenvalue weighted by atomic mass is 16.3. The highest BCUT2D eigenvalue weighted by molar-refractivity contribution is 6.05. The summed E-state index contributed by atoms with van der Waals surface area (Å²) in [5, 5.41) is 21.9. The Balaban J connectivity index is 2.12. The number of aliphatic hydroxyl groups is 2. The van der Waals surface area contributed by atoms with Gasteiger partial charge in [0.1, 0.15) is 5.82 Å². The Morgan fingerprint density at radius 1 is 1.38 bits per heavy atom. The molecule has 5 nitrogen and oxygen atoms in total. The zero-order chi connectivity index (χ0) is 11.3. The van der Waals surface area contributed by atoms with Crippen molar-refractivity contribution in [2.75, 3.05) is 5.32 Å². The summed E-state index contributed by atoms with van der Waals surface area (Å²) in [4.78, 5) is 16.1. The summed E-state index contributed by atoms with van der Waals surface area (Å²) in [5.74, 6) is 0.380. The van der Waals surface area contributed by atoms with Crippen LogP contribution < -0.4 is 5.32 Å². The number of aromatic nitrogens is 1. The molecule has 2 heterocycles. The van der Waals surface area contributed by atoms with Crippen molar-refractivity contribution in [1.29, 1.82) is 0 Å². The van der Waals surface area contributed by atoms with Gasteiger partial charge in [-0.2, -0.15) is 0 Å². The maximum absolute atomic E-state index is 12.0. The molecule has 3 N–H and O–H groups in total. The third kappa shape index (κ3) is 1.07. The molecule has 3 rings (SSSR count). The van der Waals surface area contributed by atoms with Crippen LogP contribution in [0.15, 0.2) is 18.3 Å². The van der Waals surface area contributed by atoms with Crippen molar-refractivity contribution in [1.82, 2.24) is 4.98 Å². The molecule has 0 radical (unpaired) electrons. The zero-order valence-corrected chi connectivity index (χ0v) is 8.55. The fourth-order valence-corrected chi connectivity index (χ4v) is 2.72. The number of nitrogens with one attached hydrogen (secondary N) is 1. The van der Waals surface area contributed by atoms with Crippen LogP contribution in [-0.2, 0) is 10.2 Å². The summed E-state index contributed by atoms with van der Waals surface area (Å²) in [7, 11) is 0. The lowest BCUT2D eigenvalue weighted by Crippen LogP contribution is -2.32. The zero-order valence-electron chi connectivity index (χ0n) is 8.55. The van der Waals surface area contributed by atoms with E-state index in [0.717, 1.165) is 5.56 Å². The summed E-state index contributed by atoms with van der Waals surface area (Å²) in [6.07, 6.45) is 0.464. The van der Waals surface area contributed by atoms with E-state index in [1.54, 1.807) is 12.3 Å². The first-order chi connectivity index (χ1) is 7.63. The number of carbonyl (C=O) groups excluding carboxylic acids is 1. The lowest BCUT2D eigenvalue weighted by atomic mass is 9.80. The molecule has 1 aromatic heterocycles. The Hall–Kier alpha value is -1.46. The predicted octanol–water partition coefficient (Wildman–Crippen LogP) is -0.213. The number of hydrogen-bond acceptors (Lipinski definition) is 4. The smallest absolute Gasteiger partial charge is 0.236 e. The van der Waals surface area contributed by atoms with E-state index in [9.17, 15) is 15.0 Å². The molecule has 0 bridgehead atoms. The lowest BCUT2D eigenvalue weighted by Gasteiger charge is -2.19. The van der Waals surface area contributed by atoms with Crippen molar-refractivity contribution in [3.05, 3.63) is 23.9 Å². The molecule has 1 amide bonds. The molecule has 2 aliphatic rings. The molecule has 1 spiro atoms. The number of fused-ring (bicyclic) bond motifs is 2. The van der Waals surface area contributed by atoms with Gasteiger partial charge in [0, 0.05) is 11.8 Å². The van der Waals surface area contributed by atoms with Gasteiger partial charge >= 0.3 is 0 Å². The first kappa shape index (κ1) is 9.74. The average Bonchev–Trinajstić information content (AvgIpc) is 2.69. The van der Waals surface area contributed by atoms with Crippen molar-refractivity contribution >= 4 is 11.7 Å². The van der Waals surface area contributed by atoms with E-state index in [2.05, 4.69) is 10.3 Å². The molecule has 0 saturated heterocycles. The summed E-state index contributed by atoms with van der Waals surface area (Å²) in [6, 6.07) is 3.59. The van der Waals surface area contributed by atoms with Gasteiger partial charge in [-0.15, -0.1) is 0 Å². The van der Waals surface area contributed by atoms with E-state index in [1.807, 2.05) is 6.07 Å². The van der Waals surface area contributed by atoms with E-state index in [1.165, 1.54) is 0 Å². The van der Waals surface area contributed by atoms with E-state index in [-0.39, 0.29) is 18.7 Å². The van der Waals surface area contributed by atoms with Crippen molar-refractivity contribution in [2.45, 2.75) is 30.5 Å². The molecular weight excluding hydrogens is 208 g/mol. The van der Waals surface area contributed by atoms with Gasteiger partial charge in [-0.05, 0) is 18.9 Å². The third-order valence-corrected chi connectivity index (χ3v) is 3.55. The van der Waals surface area contributed by atoms with Crippen LogP contribution in [0.1, 0.15) is 18.4 Å². The van der Waals surface area contributed by atoms with Crippen molar-refractivity contribution in [3.63, 3.8) is 0 Å². The third-order valence-electron chi connectivity index (χ3n) is 3.55. The van der Waals surface area contributed by atoms with Crippen LogP contribution in [0.4, 0.5) is 5.82 Å². The van der Waals surface area contributed by atoms with Crippen LogP contribution in [-0.4, -0.2) is 33.3 Å². The van der Waals surface area contributed by atoms with E-state index in [4.69, 9.17) is 0 Å². The van der Waals surface area contributed by atoms with Gasteiger partial charge in [-0.25, -0.2) is 4.98 Å². The van der Waals surface area contributed by atoms with Crippen LogP contribution in [0, 0.1) is 0 Å². The second-order valence-electron chi connectivity index (χ2n) is 4.48. The normalized spacial score (nSPS) is 36.5. The highest BCUT2D eigenvalue weighted by Crippen LogP contribution is 2.47. The molecular formula is C11H12N2O3. The van der Waals surface area contributed by atoms with Gasteiger partial charge in [0.15, 0.2) is 0 Å². The molecule has 1 saturated carbocycles. The van der Waals surface area contributed by atoms with Crippen LogP contribution in [0.3, 0.4) is 0 Å². The fraction of sp³-hybridized carbons (Fsp3) is 0.455. The van der Waals surface area contributed by atoms with Crippen molar-refractivity contribution in [3.8, 4) is 0 Å². The van der Waals surface area contributed by atoms with Gasteiger partial charge in [-0.3, -0.25) is 4.79 Å². The van der Waals surface area contributed by atoms with Crippen LogP contribution in [0.5, 0.6) is 0 Å². The lowest BCUT2D eigenvalue weighted by molar-refractivity contribution is -0.121. The van der Waals surface area contributed by atoms with Gasteiger partial charge in [0.05, 0.1) is 17.6 Å². The number of aliphatic hydroxyl groups excluding tert-OH is 2. The summed E-state index contributed by atoms with van der Waals surface area (Å²) >= 11 is 0. The number of rotatable bonds is 0. The number of hydrogen-bond donors (Lipinski definition) is 3. The molecule has 5 heteroatoms. The summed E-state index contributed by atoms with van der Waals surface area (Å²) < 4.78 is 0. The quantitative estimate of drug-likeness (QED) is 0.565. The SMILES string of the molecule is O=C1Nc2ncccc2C12CC(O)C(O)C2. The molecule has 2 unspecified atom stereocenters.